The minimum absolute atomic E-state index is 0.188. The van der Waals surface area contributed by atoms with Gasteiger partial charge in [-0.15, -0.1) is 0 Å². The standard InChI is InChI=1S/C22H28N4O2/c1-17-4-3-5-18(14-17)16-23-21(27)15-22(28)24-19-6-8-20(9-7-19)26-12-10-25(2)11-13-26/h3-9,14H,10-13,15-16H2,1-2H3,(H,23,27)(H,24,28). The summed E-state index contributed by atoms with van der Waals surface area (Å²) in [5.41, 5.74) is 4.02. The summed E-state index contributed by atoms with van der Waals surface area (Å²) in [6.45, 7) is 6.54. The number of likely N-dealkylation sites (N-methyl/N-ethyl adjacent to an activating group) is 1. The molecule has 0 aromatic heterocycles. The average Bonchev–Trinajstić information content (AvgIpc) is 2.68. The highest BCUT2D eigenvalue weighted by Crippen LogP contribution is 2.19. The second-order valence-electron chi connectivity index (χ2n) is 7.33. The number of nitrogens with one attached hydrogen (secondary N) is 2. The van der Waals surface area contributed by atoms with E-state index in [0.29, 0.717) is 12.2 Å². The van der Waals surface area contributed by atoms with E-state index in [1.54, 1.807) is 0 Å². The lowest BCUT2D eigenvalue weighted by atomic mass is 10.1. The second kappa shape index (κ2) is 9.37. The van der Waals surface area contributed by atoms with Crippen LogP contribution in [0.15, 0.2) is 48.5 Å². The van der Waals surface area contributed by atoms with Crippen molar-refractivity contribution in [2.24, 2.45) is 0 Å². The Labute approximate surface area is 166 Å². The molecule has 2 N–H and O–H groups in total. The number of amides is 2. The van der Waals surface area contributed by atoms with E-state index in [2.05, 4.69) is 27.5 Å². The molecule has 0 spiro atoms. The molecule has 1 aliphatic rings. The van der Waals surface area contributed by atoms with E-state index in [1.807, 2.05) is 55.5 Å². The van der Waals surface area contributed by atoms with E-state index < -0.39 is 0 Å². The summed E-state index contributed by atoms with van der Waals surface area (Å²) in [4.78, 5) is 28.8. The highest BCUT2D eigenvalue weighted by molar-refractivity contribution is 6.03. The number of hydrogen-bond acceptors (Lipinski definition) is 4. The third kappa shape index (κ3) is 5.82. The predicted octanol–water partition coefficient (Wildman–Crippen LogP) is 2.39. The fourth-order valence-corrected chi connectivity index (χ4v) is 3.26. The molecule has 2 aromatic carbocycles. The third-order valence-corrected chi connectivity index (χ3v) is 4.91. The summed E-state index contributed by atoms with van der Waals surface area (Å²) in [6, 6.07) is 15.7. The van der Waals surface area contributed by atoms with E-state index in [4.69, 9.17) is 0 Å². The maximum Gasteiger partial charge on any atom is 0.233 e. The van der Waals surface area contributed by atoms with Gasteiger partial charge >= 0.3 is 0 Å². The summed E-state index contributed by atoms with van der Waals surface area (Å²) in [7, 11) is 2.13. The zero-order valence-electron chi connectivity index (χ0n) is 16.6. The second-order valence-corrected chi connectivity index (χ2v) is 7.33. The number of anilines is 2. The molecule has 1 aliphatic heterocycles. The quantitative estimate of drug-likeness (QED) is 0.756. The van der Waals surface area contributed by atoms with Crippen molar-refractivity contribution in [3.63, 3.8) is 0 Å². The lowest BCUT2D eigenvalue weighted by molar-refractivity contribution is -0.126. The number of carbonyl (C=O) groups excluding carboxylic acids is 2. The van der Waals surface area contributed by atoms with E-state index in [9.17, 15) is 9.59 Å². The maximum atomic E-state index is 12.1. The fourth-order valence-electron chi connectivity index (χ4n) is 3.26. The van der Waals surface area contributed by atoms with Gasteiger partial charge < -0.3 is 20.4 Å². The van der Waals surface area contributed by atoms with Crippen molar-refractivity contribution in [3.05, 3.63) is 59.7 Å². The van der Waals surface area contributed by atoms with Gasteiger partial charge in [0, 0.05) is 44.1 Å². The van der Waals surface area contributed by atoms with Crippen LogP contribution in [-0.4, -0.2) is 49.9 Å². The largest absolute Gasteiger partial charge is 0.369 e. The van der Waals surface area contributed by atoms with Crippen LogP contribution in [0, 0.1) is 6.92 Å². The number of nitrogens with zero attached hydrogens (tertiary/aromatic N) is 2. The average molecular weight is 380 g/mol. The van der Waals surface area contributed by atoms with Crippen molar-refractivity contribution in [2.45, 2.75) is 19.9 Å². The molecular weight excluding hydrogens is 352 g/mol. The molecule has 6 nitrogen and oxygen atoms in total. The van der Waals surface area contributed by atoms with E-state index in [1.165, 1.54) is 0 Å². The number of carbonyl (C=O) groups is 2. The van der Waals surface area contributed by atoms with Gasteiger partial charge in [0.2, 0.25) is 11.8 Å². The first-order valence-electron chi connectivity index (χ1n) is 9.65. The summed E-state index contributed by atoms with van der Waals surface area (Å²) in [5.74, 6) is -0.595. The molecular formula is C22H28N4O2. The first-order valence-corrected chi connectivity index (χ1v) is 9.65. The molecule has 1 fully saturated rings. The van der Waals surface area contributed by atoms with Crippen LogP contribution in [-0.2, 0) is 16.1 Å². The molecule has 1 heterocycles. The highest BCUT2D eigenvalue weighted by Gasteiger charge is 2.14. The summed E-state index contributed by atoms with van der Waals surface area (Å²) >= 11 is 0. The van der Waals surface area contributed by atoms with Gasteiger partial charge in [-0.2, -0.15) is 0 Å². The maximum absolute atomic E-state index is 12.1. The summed E-state index contributed by atoms with van der Waals surface area (Å²) in [5, 5.41) is 5.58. The molecule has 0 bridgehead atoms. The summed E-state index contributed by atoms with van der Waals surface area (Å²) < 4.78 is 0. The Morgan fingerprint density at radius 1 is 0.964 bits per heavy atom. The predicted molar refractivity (Wildman–Crippen MR) is 112 cm³/mol. The van der Waals surface area contributed by atoms with Gasteiger partial charge in [0.25, 0.3) is 0 Å². The molecule has 0 saturated carbocycles. The zero-order chi connectivity index (χ0) is 19.9. The molecule has 0 unspecified atom stereocenters. The third-order valence-electron chi connectivity index (χ3n) is 4.91. The molecule has 0 radical (unpaired) electrons. The molecule has 148 valence electrons. The van der Waals surface area contributed by atoms with Crippen LogP contribution in [0.5, 0.6) is 0 Å². The number of rotatable bonds is 6. The normalized spacial score (nSPS) is 14.6. The van der Waals surface area contributed by atoms with Crippen LogP contribution in [0.1, 0.15) is 17.5 Å². The van der Waals surface area contributed by atoms with Crippen LogP contribution in [0.2, 0.25) is 0 Å². The summed E-state index contributed by atoms with van der Waals surface area (Å²) in [6.07, 6.45) is -0.188. The van der Waals surface area contributed by atoms with Gasteiger partial charge in [-0.3, -0.25) is 9.59 Å². The van der Waals surface area contributed by atoms with E-state index >= 15 is 0 Å². The highest BCUT2D eigenvalue weighted by atomic mass is 16.2. The Morgan fingerprint density at radius 3 is 2.36 bits per heavy atom. The van der Waals surface area contributed by atoms with Crippen LogP contribution >= 0.6 is 0 Å². The lowest BCUT2D eigenvalue weighted by Gasteiger charge is -2.34. The van der Waals surface area contributed by atoms with E-state index in [-0.39, 0.29) is 18.2 Å². The first kappa shape index (κ1) is 19.9. The van der Waals surface area contributed by atoms with Gasteiger partial charge in [-0.05, 0) is 43.8 Å². The monoisotopic (exact) mass is 380 g/mol. The molecule has 0 aliphatic carbocycles. The molecule has 1 saturated heterocycles. The zero-order valence-corrected chi connectivity index (χ0v) is 16.6. The number of piperazine rings is 1. The molecule has 3 rings (SSSR count). The number of aryl methyl sites for hydroxylation is 1. The molecule has 0 atom stereocenters. The minimum Gasteiger partial charge on any atom is -0.369 e. The molecule has 28 heavy (non-hydrogen) atoms. The Kier molecular flexibility index (Phi) is 6.66. The van der Waals surface area contributed by atoms with Gasteiger partial charge in [-0.25, -0.2) is 0 Å². The van der Waals surface area contributed by atoms with Crippen molar-refractivity contribution < 1.29 is 9.59 Å². The topological polar surface area (TPSA) is 64.7 Å². The van der Waals surface area contributed by atoms with Crippen molar-refractivity contribution in [1.29, 1.82) is 0 Å². The number of hydrogen-bond donors (Lipinski definition) is 2. The van der Waals surface area contributed by atoms with E-state index in [0.717, 1.165) is 43.0 Å². The fraction of sp³-hybridized carbons (Fsp3) is 0.364. The Bertz CT molecular complexity index is 812. The lowest BCUT2D eigenvalue weighted by Crippen LogP contribution is -2.44. The van der Waals surface area contributed by atoms with Crippen molar-refractivity contribution in [3.8, 4) is 0 Å². The van der Waals surface area contributed by atoms with Crippen molar-refractivity contribution in [2.75, 3.05) is 43.4 Å². The SMILES string of the molecule is Cc1cccc(CNC(=O)CC(=O)Nc2ccc(N3CCN(C)CC3)cc2)c1. The molecule has 2 amide bonds. The van der Waals surface area contributed by atoms with Gasteiger partial charge in [0.15, 0.2) is 0 Å². The van der Waals surface area contributed by atoms with Crippen LogP contribution < -0.4 is 15.5 Å². The number of benzene rings is 2. The smallest absolute Gasteiger partial charge is 0.233 e. The molecule has 2 aromatic rings. The minimum atomic E-state index is -0.311. The van der Waals surface area contributed by atoms with Crippen LogP contribution in [0.3, 0.4) is 0 Å². The van der Waals surface area contributed by atoms with Gasteiger partial charge in [0.05, 0.1) is 0 Å². The Hall–Kier alpha value is -2.86. The molecule has 6 heteroatoms. The Balaban J connectivity index is 1.44. The van der Waals surface area contributed by atoms with Gasteiger partial charge in [-0.1, -0.05) is 29.8 Å². The van der Waals surface area contributed by atoms with Crippen LogP contribution in [0.4, 0.5) is 11.4 Å². The van der Waals surface area contributed by atoms with Crippen molar-refractivity contribution >= 4 is 23.2 Å². The van der Waals surface area contributed by atoms with Crippen LogP contribution in [0.25, 0.3) is 0 Å². The first-order chi connectivity index (χ1) is 13.5. The van der Waals surface area contributed by atoms with Gasteiger partial charge in [0.1, 0.15) is 6.42 Å². The Morgan fingerprint density at radius 2 is 1.68 bits per heavy atom. The van der Waals surface area contributed by atoms with Crippen molar-refractivity contribution in [1.82, 2.24) is 10.2 Å².